The lowest BCUT2D eigenvalue weighted by Gasteiger charge is -2.16. The van der Waals surface area contributed by atoms with E-state index in [-0.39, 0.29) is 11.8 Å². The predicted octanol–water partition coefficient (Wildman–Crippen LogP) is 4.38. The molecule has 0 aromatic carbocycles. The summed E-state index contributed by atoms with van der Waals surface area (Å²) in [4.78, 5) is 9.51. The van der Waals surface area contributed by atoms with Crippen molar-refractivity contribution in [2.45, 2.75) is 40.2 Å². The van der Waals surface area contributed by atoms with E-state index in [1.54, 1.807) is 10.6 Å². The molecule has 184 valence electrons. The number of rotatable bonds is 6. The number of nitrogens with two attached hydrogens (primary N) is 1. The molecule has 4 aromatic rings. The van der Waals surface area contributed by atoms with E-state index in [1.165, 1.54) is 0 Å². The van der Waals surface area contributed by atoms with Crippen molar-refractivity contribution in [3.8, 4) is 5.88 Å². The normalized spacial score (nSPS) is 15.3. The maximum Gasteiger partial charge on any atom is 0.258 e. The van der Waals surface area contributed by atoms with Gasteiger partial charge in [0, 0.05) is 12.4 Å². The molecule has 0 aliphatic carbocycles. The first-order valence-electron chi connectivity index (χ1n) is 11.9. The lowest BCUT2D eigenvalue weighted by Crippen LogP contribution is -2.29. The lowest BCUT2D eigenvalue weighted by molar-refractivity contribution is 0.233. The summed E-state index contributed by atoms with van der Waals surface area (Å²) in [6.07, 6.45) is 5.98. The summed E-state index contributed by atoms with van der Waals surface area (Å²) in [5.41, 5.74) is 10.6. The molecule has 0 atom stereocenters. The molecule has 36 heavy (non-hydrogen) atoms. The van der Waals surface area contributed by atoms with Crippen molar-refractivity contribution in [1.82, 2.24) is 19.2 Å². The second-order valence-electron chi connectivity index (χ2n) is 9.34. The van der Waals surface area contributed by atoms with Gasteiger partial charge in [-0.25, -0.2) is 19.0 Å². The Labute approximate surface area is 208 Å². The maximum absolute atomic E-state index is 8.52. The summed E-state index contributed by atoms with van der Waals surface area (Å²) in [7, 11) is 0. The van der Waals surface area contributed by atoms with Crippen LogP contribution in [0, 0.1) is 11.3 Å². The zero-order chi connectivity index (χ0) is 25.4. The van der Waals surface area contributed by atoms with E-state index >= 15 is 0 Å². The summed E-state index contributed by atoms with van der Waals surface area (Å²) < 4.78 is 9.48. The Morgan fingerprint density at radius 3 is 2.42 bits per heavy atom. The van der Waals surface area contributed by atoms with Gasteiger partial charge in [-0.05, 0) is 56.5 Å². The molecule has 4 aromatic heterocycles. The molecular weight excluding hydrogens is 454 g/mol. The van der Waals surface area contributed by atoms with Crippen molar-refractivity contribution in [1.29, 1.82) is 5.41 Å². The monoisotopic (exact) mass is 483 g/mol. The summed E-state index contributed by atoms with van der Waals surface area (Å²) in [5, 5.41) is 21.0. The van der Waals surface area contributed by atoms with Gasteiger partial charge >= 0.3 is 0 Å². The van der Waals surface area contributed by atoms with Gasteiger partial charge in [0.1, 0.15) is 11.4 Å². The van der Waals surface area contributed by atoms with Crippen molar-refractivity contribution in [3.05, 3.63) is 66.3 Å². The molecule has 0 saturated carbocycles. The largest absolute Gasteiger partial charge is 0.472 e. The van der Waals surface area contributed by atoms with Crippen LogP contribution in [0.4, 0.5) is 11.4 Å². The molecule has 10 nitrogen and oxygen atoms in total. The number of dihydropyridines is 1. The van der Waals surface area contributed by atoms with Crippen LogP contribution in [-0.2, 0) is 6.42 Å². The first kappa shape index (κ1) is 23.3. The van der Waals surface area contributed by atoms with E-state index in [0.29, 0.717) is 34.9 Å². The fraction of sp³-hybridized carbons (Fsp3) is 0.269. The van der Waals surface area contributed by atoms with Gasteiger partial charge in [-0.1, -0.05) is 26.0 Å². The Morgan fingerprint density at radius 2 is 1.72 bits per heavy atom. The summed E-state index contributed by atoms with van der Waals surface area (Å²) >= 11 is 0. The minimum atomic E-state index is -0.0779. The Bertz CT molecular complexity index is 1550. The zero-order valence-electron chi connectivity index (χ0n) is 20.7. The zero-order valence-corrected chi connectivity index (χ0v) is 20.7. The second-order valence-corrected chi connectivity index (χ2v) is 9.34. The number of ether oxygens (including phenoxy) is 1. The van der Waals surface area contributed by atoms with Crippen LogP contribution in [0.3, 0.4) is 0 Å². The number of nitrogens with zero attached hydrogens (tertiary/aromatic N) is 6. The molecule has 0 unspecified atom stereocenters. The highest BCUT2D eigenvalue weighted by Crippen LogP contribution is 2.31. The number of amidine groups is 2. The van der Waals surface area contributed by atoms with Crippen molar-refractivity contribution in [2.75, 3.05) is 5.32 Å². The van der Waals surface area contributed by atoms with Crippen LogP contribution in [0.25, 0.3) is 11.0 Å². The topological polar surface area (TPSA) is 130 Å². The van der Waals surface area contributed by atoms with Gasteiger partial charge in [0.15, 0.2) is 11.7 Å². The fourth-order valence-electron chi connectivity index (χ4n) is 4.01. The second kappa shape index (κ2) is 9.29. The number of fused-ring (bicyclic) bond motifs is 2. The van der Waals surface area contributed by atoms with Gasteiger partial charge in [-0.3, -0.25) is 5.41 Å². The third kappa shape index (κ3) is 4.45. The molecular formula is C26H29N9O. The van der Waals surface area contributed by atoms with E-state index in [9.17, 15) is 0 Å². The van der Waals surface area contributed by atoms with Crippen molar-refractivity contribution in [2.24, 2.45) is 21.6 Å². The predicted molar refractivity (Wildman–Crippen MR) is 143 cm³/mol. The van der Waals surface area contributed by atoms with E-state index in [4.69, 9.17) is 26.0 Å². The highest BCUT2D eigenvalue weighted by atomic mass is 16.5. The van der Waals surface area contributed by atoms with Gasteiger partial charge in [0.25, 0.3) is 5.88 Å². The minimum absolute atomic E-state index is 0.0779. The van der Waals surface area contributed by atoms with Gasteiger partial charge in [0.05, 0.1) is 34.2 Å². The molecule has 0 fully saturated rings. The SMILES string of the molecule is CC(C)Cc1nn2ccccc2c1N=C1N=C(Nc2c(OC(C)C)nn3ccccc23)C(=N)C=C1N. The molecule has 10 heteroatoms. The maximum atomic E-state index is 8.52. The number of aromatic nitrogens is 4. The van der Waals surface area contributed by atoms with Gasteiger partial charge in [-0.2, -0.15) is 5.10 Å². The van der Waals surface area contributed by atoms with E-state index < -0.39 is 0 Å². The molecule has 0 saturated heterocycles. The van der Waals surface area contributed by atoms with Crippen LogP contribution in [-0.4, -0.2) is 42.7 Å². The van der Waals surface area contributed by atoms with Crippen LogP contribution in [0.1, 0.15) is 33.4 Å². The first-order valence-corrected chi connectivity index (χ1v) is 11.9. The van der Waals surface area contributed by atoms with E-state index in [1.807, 2.05) is 67.2 Å². The Balaban J connectivity index is 1.59. The van der Waals surface area contributed by atoms with Gasteiger partial charge in [-0.15, -0.1) is 5.10 Å². The fourth-order valence-corrected chi connectivity index (χ4v) is 4.01. The van der Waals surface area contributed by atoms with Gasteiger partial charge < -0.3 is 15.8 Å². The average molecular weight is 484 g/mol. The molecule has 1 aliphatic rings. The van der Waals surface area contributed by atoms with Crippen molar-refractivity contribution >= 4 is 39.8 Å². The highest BCUT2D eigenvalue weighted by molar-refractivity contribution is 6.52. The van der Waals surface area contributed by atoms with E-state index in [2.05, 4.69) is 29.3 Å². The van der Waals surface area contributed by atoms with Crippen molar-refractivity contribution in [3.63, 3.8) is 0 Å². The number of hydrogen-bond acceptors (Lipinski definition) is 7. The summed E-state index contributed by atoms with van der Waals surface area (Å²) in [6, 6.07) is 11.6. The smallest absolute Gasteiger partial charge is 0.258 e. The molecule has 0 bridgehead atoms. The van der Waals surface area contributed by atoms with Gasteiger partial charge in [0.2, 0.25) is 0 Å². The number of nitrogens with one attached hydrogen (secondary N) is 2. The molecule has 0 radical (unpaired) electrons. The molecule has 4 N–H and O–H groups in total. The number of anilines is 1. The third-order valence-electron chi connectivity index (χ3n) is 5.53. The first-order chi connectivity index (χ1) is 17.3. The summed E-state index contributed by atoms with van der Waals surface area (Å²) in [5.74, 6) is 1.45. The minimum Gasteiger partial charge on any atom is -0.472 e. The number of hydrogen-bond donors (Lipinski definition) is 3. The number of pyridine rings is 2. The Morgan fingerprint density at radius 1 is 1.03 bits per heavy atom. The molecule has 5 rings (SSSR count). The molecule has 5 heterocycles. The van der Waals surface area contributed by atoms with Crippen LogP contribution >= 0.6 is 0 Å². The standard InChI is InChI=1S/C26H29N9O/c1-15(2)13-19-22(20-9-5-7-11-34(20)32-19)29-24-17(27)14-18(28)25(31-24)30-23-21-10-6-8-12-35(21)33-26(23)36-16(3)4/h5-12,14-16,28H,13,27H2,1-4H3,(H,29,30,31). The van der Waals surface area contributed by atoms with Crippen molar-refractivity contribution < 1.29 is 4.74 Å². The Hall–Kier alpha value is -4.47. The highest BCUT2D eigenvalue weighted by Gasteiger charge is 2.23. The summed E-state index contributed by atoms with van der Waals surface area (Å²) in [6.45, 7) is 8.16. The van der Waals surface area contributed by atoms with Crippen LogP contribution in [0.5, 0.6) is 5.88 Å². The average Bonchev–Trinajstić information content (AvgIpc) is 3.33. The lowest BCUT2D eigenvalue weighted by atomic mass is 10.1. The molecule has 0 spiro atoms. The van der Waals surface area contributed by atoms with E-state index in [0.717, 1.165) is 28.8 Å². The van der Waals surface area contributed by atoms with Crippen LogP contribution < -0.4 is 15.8 Å². The number of aliphatic imine (C=N–C) groups is 2. The Kier molecular flexibility index (Phi) is 6.01. The molecule has 0 amide bonds. The van der Waals surface area contributed by atoms with Crippen LogP contribution in [0.15, 0.2) is 70.5 Å². The van der Waals surface area contributed by atoms with Crippen LogP contribution in [0.2, 0.25) is 0 Å². The third-order valence-corrected chi connectivity index (χ3v) is 5.53. The molecule has 1 aliphatic heterocycles. The quantitative estimate of drug-likeness (QED) is 0.374.